The summed E-state index contributed by atoms with van der Waals surface area (Å²) in [6, 6.07) is 19.1. The molecule has 3 aromatic rings. The van der Waals surface area contributed by atoms with Crippen LogP contribution in [-0.4, -0.2) is 6.54 Å². The SMILES string of the molecule is CCCCNc1ccc(N=Nc2ccc(N=Nc3ccc(C(F)(F)F)cc3)cc2)cc1. The third kappa shape index (κ3) is 7.02. The maximum atomic E-state index is 12.6. The Bertz CT molecular complexity index is 1010. The fourth-order valence-electron chi connectivity index (χ4n) is 2.59. The number of alkyl halides is 3. The van der Waals surface area contributed by atoms with E-state index in [1.807, 2.05) is 24.3 Å². The van der Waals surface area contributed by atoms with E-state index in [2.05, 4.69) is 32.7 Å². The summed E-state index contributed by atoms with van der Waals surface area (Å²) in [4.78, 5) is 0. The first kappa shape index (κ1) is 22.1. The van der Waals surface area contributed by atoms with Crippen LogP contribution in [-0.2, 0) is 6.18 Å². The van der Waals surface area contributed by atoms with Gasteiger partial charge in [0.05, 0.1) is 28.3 Å². The van der Waals surface area contributed by atoms with Crippen LogP contribution in [0.15, 0.2) is 93.3 Å². The van der Waals surface area contributed by atoms with Gasteiger partial charge in [0.15, 0.2) is 0 Å². The highest BCUT2D eigenvalue weighted by Gasteiger charge is 2.29. The van der Waals surface area contributed by atoms with Crippen LogP contribution < -0.4 is 5.32 Å². The molecule has 0 saturated heterocycles. The highest BCUT2D eigenvalue weighted by Crippen LogP contribution is 2.31. The number of nitrogens with zero attached hydrogens (tertiary/aromatic N) is 4. The summed E-state index contributed by atoms with van der Waals surface area (Å²) >= 11 is 0. The molecule has 8 heteroatoms. The minimum atomic E-state index is -4.37. The predicted molar refractivity (Wildman–Crippen MR) is 116 cm³/mol. The zero-order chi connectivity index (χ0) is 22.1. The van der Waals surface area contributed by atoms with Crippen molar-refractivity contribution in [1.82, 2.24) is 0 Å². The van der Waals surface area contributed by atoms with Gasteiger partial charge in [0.25, 0.3) is 0 Å². The first-order valence-corrected chi connectivity index (χ1v) is 9.89. The van der Waals surface area contributed by atoms with Crippen molar-refractivity contribution in [2.24, 2.45) is 20.5 Å². The maximum Gasteiger partial charge on any atom is 0.416 e. The number of benzene rings is 3. The quantitative estimate of drug-likeness (QED) is 0.284. The van der Waals surface area contributed by atoms with Gasteiger partial charge in [0, 0.05) is 12.2 Å². The van der Waals surface area contributed by atoms with Crippen molar-refractivity contribution >= 4 is 28.4 Å². The smallest absolute Gasteiger partial charge is 0.385 e. The van der Waals surface area contributed by atoms with Gasteiger partial charge in [0.1, 0.15) is 0 Å². The van der Waals surface area contributed by atoms with Crippen LogP contribution in [0.1, 0.15) is 25.3 Å². The molecule has 0 fully saturated rings. The second-order valence-electron chi connectivity index (χ2n) is 6.79. The van der Waals surface area contributed by atoms with Gasteiger partial charge in [-0.15, -0.1) is 0 Å². The summed E-state index contributed by atoms with van der Waals surface area (Å²) in [7, 11) is 0. The van der Waals surface area contributed by atoms with Crippen molar-refractivity contribution in [2.45, 2.75) is 25.9 Å². The molecule has 5 nitrogen and oxygen atoms in total. The molecule has 0 aromatic heterocycles. The van der Waals surface area contributed by atoms with E-state index in [0.29, 0.717) is 17.1 Å². The molecule has 0 atom stereocenters. The van der Waals surface area contributed by atoms with Gasteiger partial charge >= 0.3 is 6.18 Å². The van der Waals surface area contributed by atoms with Crippen LogP contribution in [0.4, 0.5) is 41.6 Å². The standard InChI is InChI=1S/C23H22F3N5/c1-2-3-16-27-18-8-10-20(11-9-18)29-31-22-14-12-21(13-15-22)30-28-19-6-4-17(5-7-19)23(24,25)26/h4-15,27H,2-3,16H2,1H3. The molecule has 3 rings (SSSR count). The molecular formula is C23H22F3N5. The van der Waals surface area contributed by atoms with E-state index in [1.54, 1.807) is 24.3 Å². The second kappa shape index (κ2) is 10.5. The molecule has 0 aliphatic rings. The molecule has 160 valence electrons. The minimum Gasteiger partial charge on any atom is -0.385 e. The lowest BCUT2D eigenvalue weighted by atomic mass is 10.2. The first-order valence-electron chi connectivity index (χ1n) is 9.89. The Morgan fingerprint density at radius 3 is 1.42 bits per heavy atom. The number of anilines is 1. The molecular weight excluding hydrogens is 403 g/mol. The molecule has 0 bridgehead atoms. The summed E-state index contributed by atoms with van der Waals surface area (Å²) < 4.78 is 37.7. The number of azo groups is 2. The first-order chi connectivity index (χ1) is 14.9. The van der Waals surface area contributed by atoms with Crippen LogP contribution >= 0.6 is 0 Å². The van der Waals surface area contributed by atoms with E-state index < -0.39 is 11.7 Å². The molecule has 3 aromatic carbocycles. The number of hydrogen-bond acceptors (Lipinski definition) is 5. The Morgan fingerprint density at radius 2 is 1.03 bits per heavy atom. The Kier molecular flexibility index (Phi) is 7.48. The number of unbranched alkanes of at least 4 members (excludes halogenated alkanes) is 1. The van der Waals surface area contributed by atoms with E-state index >= 15 is 0 Å². The van der Waals surface area contributed by atoms with Crippen molar-refractivity contribution in [2.75, 3.05) is 11.9 Å². The summed E-state index contributed by atoms with van der Waals surface area (Å²) in [6.07, 6.45) is -2.09. The van der Waals surface area contributed by atoms with Crippen molar-refractivity contribution in [3.8, 4) is 0 Å². The van der Waals surface area contributed by atoms with Gasteiger partial charge in [-0.2, -0.15) is 33.6 Å². The average molecular weight is 425 g/mol. The van der Waals surface area contributed by atoms with Crippen molar-refractivity contribution in [3.63, 3.8) is 0 Å². The van der Waals surface area contributed by atoms with Crippen LogP contribution in [0.5, 0.6) is 0 Å². The molecule has 0 aliphatic carbocycles. The number of rotatable bonds is 8. The fourth-order valence-corrected chi connectivity index (χ4v) is 2.59. The third-order valence-corrected chi connectivity index (χ3v) is 4.33. The van der Waals surface area contributed by atoms with Crippen LogP contribution in [0, 0.1) is 0 Å². The topological polar surface area (TPSA) is 61.5 Å². The van der Waals surface area contributed by atoms with E-state index in [0.717, 1.165) is 42.9 Å². The molecule has 0 unspecified atom stereocenters. The van der Waals surface area contributed by atoms with E-state index in [4.69, 9.17) is 0 Å². The van der Waals surface area contributed by atoms with Crippen LogP contribution in [0.3, 0.4) is 0 Å². The Morgan fingerprint density at radius 1 is 0.645 bits per heavy atom. The summed E-state index contributed by atoms with van der Waals surface area (Å²) in [5.74, 6) is 0. The van der Waals surface area contributed by atoms with E-state index in [9.17, 15) is 13.2 Å². The number of nitrogens with one attached hydrogen (secondary N) is 1. The van der Waals surface area contributed by atoms with Gasteiger partial charge in [0.2, 0.25) is 0 Å². The monoisotopic (exact) mass is 425 g/mol. The minimum absolute atomic E-state index is 0.337. The van der Waals surface area contributed by atoms with Crippen molar-refractivity contribution < 1.29 is 13.2 Å². The lowest BCUT2D eigenvalue weighted by Gasteiger charge is -2.05. The van der Waals surface area contributed by atoms with Gasteiger partial charge < -0.3 is 5.32 Å². The van der Waals surface area contributed by atoms with Crippen LogP contribution in [0.2, 0.25) is 0 Å². The predicted octanol–water partition coefficient (Wildman–Crippen LogP) is 8.75. The van der Waals surface area contributed by atoms with E-state index in [1.165, 1.54) is 12.1 Å². The molecule has 0 radical (unpaired) electrons. The highest BCUT2D eigenvalue weighted by atomic mass is 19.4. The number of halogens is 3. The van der Waals surface area contributed by atoms with Gasteiger partial charge in [-0.1, -0.05) is 13.3 Å². The summed E-state index contributed by atoms with van der Waals surface area (Å²) in [5.41, 5.74) is 2.62. The Labute approximate surface area is 178 Å². The van der Waals surface area contributed by atoms with Gasteiger partial charge in [-0.05, 0) is 79.2 Å². The van der Waals surface area contributed by atoms with Crippen LogP contribution in [0.25, 0.3) is 0 Å². The molecule has 0 heterocycles. The maximum absolute atomic E-state index is 12.6. The number of hydrogen-bond donors (Lipinski definition) is 1. The summed E-state index contributed by atoms with van der Waals surface area (Å²) in [6.45, 7) is 3.10. The van der Waals surface area contributed by atoms with E-state index in [-0.39, 0.29) is 0 Å². The molecule has 31 heavy (non-hydrogen) atoms. The zero-order valence-corrected chi connectivity index (χ0v) is 17.0. The lowest BCUT2D eigenvalue weighted by molar-refractivity contribution is -0.137. The lowest BCUT2D eigenvalue weighted by Crippen LogP contribution is -2.03. The molecule has 0 spiro atoms. The van der Waals surface area contributed by atoms with Gasteiger partial charge in [-0.25, -0.2) is 0 Å². The Hall–Kier alpha value is -3.55. The largest absolute Gasteiger partial charge is 0.416 e. The Balaban J connectivity index is 1.56. The second-order valence-corrected chi connectivity index (χ2v) is 6.79. The molecule has 0 amide bonds. The van der Waals surface area contributed by atoms with Crippen molar-refractivity contribution in [3.05, 3.63) is 78.4 Å². The zero-order valence-electron chi connectivity index (χ0n) is 17.0. The fraction of sp³-hybridized carbons (Fsp3) is 0.217. The molecule has 0 saturated carbocycles. The molecule has 0 aliphatic heterocycles. The van der Waals surface area contributed by atoms with Gasteiger partial charge in [-0.3, -0.25) is 0 Å². The normalized spacial score (nSPS) is 12.0. The third-order valence-electron chi connectivity index (χ3n) is 4.33. The van der Waals surface area contributed by atoms with Crippen molar-refractivity contribution in [1.29, 1.82) is 0 Å². The average Bonchev–Trinajstić information content (AvgIpc) is 2.78. The summed E-state index contributed by atoms with van der Waals surface area (Å²) in [5, 5.41) is 19.7. The highest BCUT2D eigenvalue weighted by molar-refractivity contribution is 5.52. The molecule has 1 N–H and O–H groups in total.